The second kappa shape index (κ2) is 9.35. The lowest BCUT2D eigenvalue weighted by Crippen LogP contribution is -2.40. The average Bonchev–Trinajstić information content (AvgIpc) is 2.96. The van der Waals surface area contributed by atoms with Crippen LogP contribution in [0.25, 0.3) is 0 Å². The Balaban J connectivity index is 1.65. The fourth-order valence-electron chi connectivity index (χ4n) is 4.23. The smallest absolute Gasteiger partial charge is 0.338 e. The van der Waals surface area contributed by atoms with Crippen molar-refractivity contribution in [3.05, 3.63) is 34.9 Å². The van der Waals surface area contributed by atoms with Crippen LogP contribution in [0.15, 0.2) is 18.2 Å². The molecule has 5 nitrogen and oxygen atoms in total. The summed E-state index contributed by atoms with van der Waals surface area (Å²) in [4.78, 5) is 39.5. The summed E-state index contributed by atoms with van der Waals surface area (Å²) >= 11 is 0. The van der Waals surface area contributed by atoms with E-state index in [1.54, 1.807) is 12.1 Å². The Hall–Kier alpha value is -2.17. The van der Waals surface area contributed by atoms with Crippen LogP contribution in [0.5, 0.6) is 0 Å². The van der Waals surface area contributed by atoms with E-state index in [-0.39, 0.29) is 24.0 Å². The molecule has 1 fully saturated rings. The van der Waals surface area contributed by atoms with E-state index in [0.29, 0.717) is 16.7 Å². The topological polar surface area (TPSA) is 63.7 Å². The quantitative estimate of drug-likeness (QED) is 0.353. The van der Waals surface area contributed by atoms with Crippen molar-refractivity contribution in [3.63, 3.8) is 0 Å². The van der Waals surface area contributed by atoms with Gasteiger partial charge in [0, 0.05) is 6.04 Å². The van der Waals surface area contributed by atoms with E-state index in [0.717, 1.165) is 51.4 Å². The molecule has 0 N–H and O–H groups in total. The Morgan fingerprint density at radius 2 is 1.79 bits per heavy atom. The molecule has 28 heavy (non-hydrogen) atoms. The van der Waals surface area contributed by atoms with Crippen molar-refractivity contribution in [3.8, 4) is 0 Å². The molecule has 0 unspecified atom stereocenters. The Morgan fingerprint density at radius 1 is 1.07 bits per heavy atom. The molecule has 2 amide bonds. The van der Waals surface area contributed by atoms with Crippen molar-refractivity contribution in [2.24, 2.45) is 0 Å². The molecule has 1 aliphatic carbocycles. The third-order valence-corrected chi connectivity index (χ3v) is 5.87. The number of benzene rings is 1. The van der Waals surface area contributed by atoms with Crippen LogP contribution in [0.3, 0.4) is 0 Å². The fourth-order valence-corrected chi connectivity index (χ4v) is 4.23. The van der Waals surface area contributed by atoms with Gasteiger partial charge in [-0.3, -0.25) is 14.5 Å². The van der Waals surface area contributed by atoms with Gasteiger partial charge in [0.15, 0.2) is 0 Å². The zero-order valence-electron chi connectivity index (χ0n) is 17.0. The third-order valence-electron chi connectivity index (χ3n) is 5.87. The standard InChI is InChI=1S/C23H31NO4/c1-3-4-5-7-10-16(2)28-23(27)17-13-14-19-20(15-17)22(26)24(21(19)25)18-11-8-6-9-12-18/h13-16,18H,3-12H2,1-2H3/t16-/m1/s1. The largest absolute Gasteiger partial charge is 0.459 e. The second-order valence-electron chi connectivity index (χ2n) is 8.10. The highest BCUT2D eigenvalue weighted by Gasteiger charge is 2.40. The molecule has 0 aromatic heterocycles. The molecule has 2 aliphatic rings. The zero-order valence-corrected chi connectivity index (χ0v) is 17.0. The van der Waals surface area contributed by atoms with Gasteiger partial charge in [-0.05, 0) is 50.8 Å². The molecule has 1 heterocycles. The lowest BCUT2D eigenvalue weighted by molar-refractivity contribution is 0.0319. The van der Waals surface area contributed by atoms with E-state index in [2.05, 4.69) is 6.92 Å². The number of esters is 1. The molecule has 0 bridgehead atoms. The first kappa shape index (κ1) is 20.6. The summed E-state index contributed by atoms with van der Waals surface area (Å²) in [6.07, 6.45) is 10.2. The van der Waals surface area contributed by atoms with E-state index in [1.807, 2.05) is 6.92 Å². The molecule has 1 atom stereocenters. The predicted octanol–water partition coefficient (Wildman–Crippen LogP) is 5.13. The summed E-state index contributed by atoms with van der Waals surface area (Å²) in [7, 11) is 0. The van der Waals surface area contributed by atoms with Crippen LogP contribution in [0.4, 0.5) is 0 Å². The van der Waals surface area contributed by atoms with Crippen LogP contribution in [-0.2, 0) is 4.74 Å². The normalized spacial score (nSPS) is 18.3. The number of rotatable bonds is 8. The highest BCUT2D eigenvalue weighted by Crippen LogP contribution is 2.31. The maximum absolute atomic E-state index is 12.9. The van der Waals surface area contributed by atoms with E-state index in [1.165, 1.54) is 23.8 Å². The number of unbranched alkanes of at least 4 members (excludes halogenated alkanes) is 3. The van der Waals surface area contributed by atoms with Gasteiger partial charge in [0.25, 0.3) is 11.8 Å². The van der Waals surface area contributed by atoms with Crippen LogP contribution in [0.2, 0.25) is 0 Å². The van der Waals surface area contributed by atoms with Gasteiger partial charge in [-0.1, -0.05) is 45.4 Å². The second-order valence-corrected chi connectivity index (χ2v) is 8.10. The molecule has 0 spiro atoms. The Bertz CT molecular complexity index is 736. The minimum Gasteiger partial charge on any atom is -0.459 e. The number of imide groups is 1. The summed E-state index contributed by atoms with van der Waals surface area (Å²) in [6.45, 7) is 4.06. The lowest BCUT2D eigenvalue weighted by atomic mass is 9.94. The van der Waals surface area contributed by atoms with Gasteiger partial charge in [0.05, 0.1) is 22.8 Å². The van der Waals surface area contributed by atoms with E-state index >= 15 is 0 Å². The van der Waals surface area contributed by atoms with Gasteiger partial charge in [-0.15, -0.1) is 0 Å². The molecule has 5 heteroatoms. The number of hydrogen-bond donors (Lipinski definition) is 0. The number of carbonyl (C=O) groups is 3. The summed E-state index contributed by atoms with van der Waals surface area (Å²) in [5, 5.41) is 0. The zero-order chi connectivity index (χ0) is 20.1. The van der Waals surface area contributed by atoms with Gasteiger partial charge >= 0.3 is 5.97 Å². The number of fused-ring (bicyclic) bond motifs is 1. The summed E-state index contributed by atoms with van der Waals surface area (Å²) in [6, 6.07) is 4.71. The highest BCUT2D eigenvalue weighted by molar-refractivity contribution is 6.22. The maximum atomic E-state index is 12.9. The van der Waals surface area contributed by atoms with Crippen LogP contribution in [-0.4, -0.2) is 34.8 Å². The van der Waals surface area contributed by atoms with E-state index in [4.69, 9.17) is 4.74 Å². The van der Waals surface area contributed by atoms with Gasteiger partial charge in [0.2, 0.25) is 0 Å². The Labute approximate surface area is 167 Å². The van der Waals surface area contributed by atoms with Crippen molar-refractivity contribution in [2.45, 2.75) is 90.2 Å². The third kappa shape index (κ3) is 4.45. The lowest BCUT2D eigenvalue weighted by Gasteiger charge is -2.29. The first-order valence-electron chi connectivity index (χ1n) is 10.8. The van der Waals surface area contributed by atoms with Crippen molar-refractivity contribution in [1.82, 2.24) is 4.90 Å². The molecule has 1 aromatic rings. The molecule has 152 valence electrons. The minimum atomic E-state index is -0.429. The maximum Gasteiger partial charge on any atom is 0.338 e. The van der Waals surface area contributed by atoms with Crippen LogP contribution < -0.4 is 0 Å². The van der Waals surface area contributed by atoms with Crippen molar-refractivity contribution >= 4 is 17.8 Å². The van der Waals surface area contributed by atoms with Gasteiger partial charge in [-0.25, -0.2) is 4.79 Å². The molecule has 0 radical (unpaired) electrons. The van der Waals surface area contributed by atoms with Crippen molar-refractivity contribution in [1.29, 1.82) is 0 Å². The average molecular weight is 386 g/mol. The predicted molar refractivity (Wildman–Crippen MR) is 107 cm³/mol. The summed E-state index contributed by atoms with van der Waals surface area (Å²) in [5.74, 6) is -0.924. The highest BCUT2D eigenvalue weighted by atomic mass is 16.5. The van der Waals surface area contributed by atoms with Gasteiger partial charge in [-0.2, -0.15) is 0 Å². The first-order chi connectivity index (χ1) is 13.5. The molecule has 1 saturated carbocycles. The van der Waals surface area contributed by atoms with Crippen LogP contribution in [0, 0.1) is 0 Å². The summed E-state index contributed by atoms with van der Waals surface area (Å²) in [5.41, 5.74) is 1.08. The van der Waals surface area contributed by atoms with E-state index < -0.39 is 5.97 Å². The number of nitrogens with zero attached hydrogens (tertiary/aromatic N) is 1. The number of carbonyl (C=O) groups excluding carboxylic acids is 3. The first-order valence-corrected chi connectivity index (χ1v) is 10.8. The number of amides is 2. The van der Waals surface area contributed by atoms with Gasteiger partial charge in [0.1, 0.15) is 0 Å². The van der Waals surface area contributed by atoms with Crippen LogP contribution >= 0.6 is 0 Å². The van der Waals surface area contributed by atoms with Gasteiger partial charge < -0.3 is 4.74 Å². The Morgan fingerprint density at radius 3 is 2.50 bits per heavy atom. The van der Waals surface area contributed by atoms with Crippen LogP contribution in [0.1, 0.15) is 109 Å². The Kier molecular flexibility index (Phi) is 6.87. The molecule has 1 aliphatic heterocycles. The SMILES string of the molecule is CCCCCC[C@@H](C)OC(=O)c1ccc2c(c1)C(=O)N(C1CCCCC1)C2=O. The number of hydrogen-bond acceptors (Lipinski definition) is 4. The summed E-state index contributed by atoms with van der Waals surface area (Å²) < 4.78 is 5.53. The molecule has 1 aromatic carbocycles. The molecular formula is C23H31NO4. The fraction of sp³-hybridized carbons (Fsp3) is 0.609. The van der Waals surface area contributed by atoms with Crippen molar-refractivity contribution < 1.29 is 19.1 Å². The van der Waals surface area contributed by atoms with E-state index in [9.17, 15) is 14.4 Å². The number of ether oxygens (including phenoxy) is 1. The monoisotopic (exact) mass is 385 g/mol. The van der Waals surface area contributed by atoms with Crippen molar-refractivity contribution in [2.75, 3.05) is 0 Å². The minimum absolute atomic E-state index is 0.0142. The molecular weight excluding hydrogens is 354 g/mol. The molecule has 3 rings (SSSR count). The molecule has 0 saturated heterocycles.